The summed E-state index contributed by atoms with van der Waals surface area (Å²) in [5.74, 6) is 0.339. The summed E-state index contributed by atoms with van der Waals surface area (Å²) in [6, 6.07) is 5.11. The Morgan fingerprint density at radius 1 is 1.18 bits per heavy atom. The van der Waals surface area contributed by atoms with Gasteiger partial charge in [-0.1, -0.05) is 34.1 Å². The number of aryl methyl sites for hydroxylation is 2. The van der Waals surface area contributed by atoms with Crippen LogP contribution in [0.1, 0.15) is 72.1 Å². The molecular weight excluding hydrogens is 478 g/mol. The number of pyridine rings is 2. The van der Waals surface area contributed by atoms with Crippen LogP contribution in [-0.2, 0) is 18.3 Å². The fourth-order valence-corrected chi connectivity index (χ4v) is 4.70. The van der Waals surface area contributed by atoms with Gasteiger partial charge >= 0.3 is 0 Å². The van der Waals surface area contributed by atoms with Crippen LogP contribution in [-0.4, -0.2) is 57.9 Å². The maximum atomic E-state index is 11.6. The van der Waals surface area contributed by atoms with Gasteiger partial charge in [0.05, 0.1) is 7.11 Å². The Kier molecular flexibility index (Phi) is 12.5. The minimum Gasteiger partial charge on any atom is -0.479 e. The number of ether oxygens (including phenoxy) is 1. The number of hydrogen-bond donors (Lipinski definition) is 2. The normalized spacial score (nSPS) is 16.7. The number of piperazine rings is 1. The highest BCUT2D eigenvalue weighted by Gasteiger charge is 2.23. The summed E-state index contributed by atoms with van der Waals surface area (Å²) in [4.78, 5) is 22.8. The second-order valence-electron chi connectivity index (χ2n) is 9.58. The quantitative estimate of drug-likeness (QED) is 0.434. The minimum absolute atomic E-state index is 0.0409. The summed E-state index contributed by atoms with van der Waals surface area (Å²) in [5, 5.41) is 11.4. The minimum atomic E-state index is -0.0409. The molecule has 4 heterocycles. The molecule has 210 valence electrons. The summed E-state index contributed by atoms with van der Waals surface area (Å²) in [5.41, 5.74) is 5.19. The summed E-state index contributed by atoms with van der Waals surface area (Å²) in [6.45, 7) is 17.0. The molecule has 0 bridgehead atoms. The van der Waals surface area contributed by atoms with Crippen LogP contribution in [0.5, 0.6) is 5.88 Å². The van der Waals surface area contributed by atoms with Gasteiger partial charge in [0, 0.05) is 67.8 Å². The molecule has 38 heavy (non-hydrogen) atoms. The highest BCUT2D eigenvalue weighted by atomic mass is 16.5. The Balaban J connectivity index is 0.000000251. The van der Waals surface area contributed by atoms with Crippen LogP contribution >= 0.6 is 0 Å². The van der Waals surface area contributed by atoms with Crippen LogP contribution in [0.4, 0.5) is 11.4 Å². The van der Waals surface area contributed by atoms with E-state index in [4.69, 9.17) is 4.74 Å². The van der Waals surface area contributed by atoms with Crippen molar-refractivity contribution >= 4 is 28.3 Å². The van der Waals surface area contributed by atoms with E-state index >= 15 is 0 Å². The molecular formula is C29H47N7O2. The molecule has 9 nitrogen and oxygen atoms in total. The largest absolute Gasteiger partial charge is 0.479 e. The Hall–Kier alpha value is -3.20. The van der Waals surface area contributed by atoms with Crippen LogP contribution < -0.4 is 20.3 Å². The summed E-state index contributed by atoms with van der Waals surface area (Å²) in [7, 11) is 3.34. The molecule has 1 fully saturated rings. The molecule has 0 spiro atoms. The maximum Gasteiger partial charge on any atom is 0.239 e. The highest BCUT2D eigenvalue weighted by molar-refractivity contribution is 5.94. The zero-order valence-electron chi connectivity index (χ0n) is 24.8. The molecule has 2 N–H and O–H groups in total. The number of nitrogens with zero attached hydrogens (tertiary/aromatic N) is 5. The summed E-state index contributed by atoms with van der Waals surface area (Å²) < 4.78 is 6.84. The lowest BCUT2D eigenvalue weighted by Crippen LogP contribution is -2.54. The lowest BCUT2D eigenvalue weighted by molar-refractivity contribution is -0.116. The zero-order valence-corrected chi connectivity index (χ0v) is 24.8. The molecule has 3 aromatic rings. The predicted octanol–water partition coefficient (Wildman–Crippen LogP) is 5.27. The SMILES string of the molecule is CC.CCCC(=O)Nc1cc2cn(C)nc2nc1OC.CCCc1c(N2CC(C)NC(C)C2)ccnc1C. The van der Waals surface area contributed by atoms with E-state index in [1.165, 1.54) is 30.5 Å². The van der Waals surface area contributed by atoms with E-state index in [1.807, 2.05) is 46.3 Å². The third-order valence-electron chi connectivity index (χ3n) is 6.16. The van der Waals surface area contributed by atoms with Crippen LogP contribution in [0.15, 0.2) is 24.5 Å². The fourth-order valence-electron chi connectivity index (χ4n) is 4.70. The lowest BCUT2D eigenvalue weighted by atomic mass is 10.0. The van der Waals surface area contributed by atoms with E-state index in [0.717, 1.165) is 31.3 Å². The van der Waals surface area contributed by atoms with E-state index in [0.29, 0.717) is 35.7 Å². The molecule has 9 heteroatoms. The molecule has 3 aromatic heterocycles. The molecule has 2 unspecified atom stereocenters. The van der Waals surface area contributed by atoms with Gasteiger partial charge in [0.2, 0.25) is 11.8 Å². The number of anilines is 2. The van der Waals surface area contributed by atoms with Gasteiger partial charge in [-0.2, -0.15) is 10.1 Å². The van der Waals surface area contributed by atoms with Crippen LogP contribution in [0.25, 0.3) is 11.0 Å². The average Bonchev–Trinajstić information content (AvgIpc) is 3.24. The number of hydrogen-bond acceptors (Lipinski definition) is 7. The molecule has 1 aliphatic heterocycles. The van der Waals surface area contributed by atoms with Crippen molar-refractivity contribution in [3.8, 4) is 5.88 Å². The predicted molar refractivity (Wildman–Crippen MR) is 157 cm³/mol. The van der Waals surface area contributed by atoms with Crippen molar-refractivity contribution in [2.45, 2.75) is 86.2 Å². The smallest absolute Gasteiger partial charge is 0.239 e. The van der Waals surface area contributed by atoms with Gasteiger partial charge in [-0.15, -0.1) is 0 Å². The Bertz CT molecular complexity index is 1150. The van der Waals surface area contributed by atoms with E-state index < -0.39 is 0 Å². The molecule has 0 saturated carbocycles. The first-order valence-electron chi connectivity index (χ1n) is 13.9. The number of carbonyl (C=O) groups excluding carboxylic acids is 1. The molecule has 0 radical (unpaired) electrons. The van der Waals surface area contributed by atoms with Crippen molar-refractivity contribution in [1.82, 2.24) is 25.1 Å². The highest BCUT2D eigenvalue weighted by Crippen LogP contribution is 2.27. The number of methoxy groups -OCH3 is 1. The van der Waals surface area contributed by atoms with Crippen LogP contribution in [0.3, 0.4) is 0 Å². The molecule has 2 atom stereocenters. The maximum absolute atomic E-state index is 11.6. The average molecular weight is 526 g/mol. The first-order chi connectivity index (χ1) is 18.2. The fraction of sp³-hybridized carbons (Fsp3) is 0.586. The number of amides is 1. The summed E-state index contributed by atoms with van der Waals surface area (Å²) in [6.07, 6.45) is 7.38. The van der Waals surface area contributed by atoms with Gasteiger partial charge in [0.1, 0.15) is 5.69 Å². The van der Waals surface area contributed by atoms with Crippen LogP contribution in [0.2, 0.25) is 0 Å². The molecule has 1 saturated heterocycles. The van der Waals surface area contributed by atoms with E-state index in [1.54, 1.807) is 4.68 Å². The van der Waals surface area contributed by atoms with Gasteiger partial charge in [-0.05, 0) is 51.3 Å². The van der Waals surface area contributed by atoms with Crippen molar-refractivity contribution in [3.05, 3.63) is 35.8 Å². The monoisotopic (exact) mass is 525 g/mol. The first-order valence-corrected chi connectivity index (χ1v) is 13.9. The van der Waals surface area contributed by atoms with Crippen molar-refractivity contribution < 1.29 is 9.53 Å². The second-order valence-corrected chi connectivity index (χ2v) is 9.58. The molecule has 0 aromatic carbocycles. The number of rotatable bonds is 7. The lowest BCUT2D eigenvalue weighted by Gasteiger charge is -2.38. The Morgan fingerprint density at radius 3 is 2.47 bits per heavy atom. The van der Waals surface area contributed by atoms with Gasteiger partial charge in [0.15, 0.2) is 5.65 Å². The number of nitrogens with one attached hydrogen (secondary N) is 2. The topological polar surface area (TPSA) is 97.2 Å². The molecule has 0 aliphatic carbocycles. The van der Waals surface area contributed by atoms with Gasteiger partial charge < -0.3 is 20.3 Å². The van der Waals surface area contributed by atoms with Gasteiger partial charge in [-0.3, -0.25) is 14.5 Å². The summed E-state index contributed by atoms with van der Waals surface area (Å²) >= 11 is 0. The van der Waals surface area contributed by atoms with Crippen molar-refractivity contribution in [2.75, 3.05) is 30.4 Å². The Labute approximate surface area is 228 Å². The number of aromatic nitrogens is 4. The van der Waals surface area contributed by atoms with Crippen LogP contribution in [0, 0.1) is 6.92 Å². The molecule has 1 amide bonds. The standard InChI is InChI=1S/C15H25N3.C12H16N4O2.C2H6/c1-5-6-14-13(4)16-8-7-15(14)18-9-11(2)17-12(3)10-18;1-4-5-10(17)13-9-6-8-7-16(2)15-11(8)14-12(9)18-3;1-2/h7-8,11-12,17H,5-6,9-10H2,1-4H3;6-7H,4-5H2,1-3H3,(H,13,17);1-2H3. The third kappa shape index (κ3) is 8.41. The number of fused-ring (bicyclic) bond motifs is 1. The van der Waals surface area contributed by atoms with Gasteiger partial charge in [0.25, 0.3) is 0 Å². The molecule has 1 aliphatic rings. The Morgan fingerprint density at radius 2 is 1.87 bits per heavy atom. The van der Waals surface area contributed by atoms with E-state index in [9.17, 15) is 4.79 Å². The van der Waals surface area contributed by atoms with E-state index in [2.05, 4.69) is 64.4 Å². The van der Waals surface area contributed by atoms with E-state index in [-0.39, 0.29) is 5.91 Å². The van der Waals surface area contributed by atoms with Gasteiger partial charge in [-0.25, -0.2) is 0 Å². The zero-order chi connectivity index (χ0) is 28.2. The first kappa shape index (κ1) is 31.0. The van der Waals surface area contributed by atoms with Crippen molar-refractivity contribution in [3.63, 3.8) is 0 Å². The van der Waals surface area contributed by atoms with Crippen molar-refractivity contribution in [1.29, 1.82) is 0 Å². The third-order valence-corrected chi connectivity index (χ3v) is 6.16. The van der Waals surface area contributed by atoms with Crippen molar-refractivity contribution in [2.24, 2.45) is 7.05 Å². The second kappa shape index (κ2) is 15.3. The number of carbonyl (C=O) groups is 1. The molecule has 4 rings (SSSR count).